The van der Waals surface area contributed by atoms with Gasteiger partial charge in [0, 0.05) is 6.04 Å². The highest BCUT2D eigenvalue weighted by Gasteiger charge is 2.40. The number of fused-ring (bicyclic) bond motifs is 1. The molecular weight excluding hydrogens is 443 g/mol. The molecule has 0 amide bonds. The van der Waals surface area contributed by atoms with Gasteiger partial charge in [0.05, 0.1) is 22.3 Å². The zero-order chi connectivity index (χ0) is 23.2. The van der Waals surface area contributed by atoms with E-state index in [0.717, 1.165) is 45.2 Å². The summed E-state index contributed by atoms with van der Waals surface area (Å²) in [7, 11) is 0. The summed E-state index contributed by atoms with van der Waals surface area (Å²) in [6.45, 7) is 3.74. The van der Waals surface area contributed by atoms with Gasteiger partial charge >= 0.3 is 0 Å². The molecule has 170 valence electrons. The Morgan fingerprint density at radius 2 is 2.06 bits per heavy atom. The topological polar surface area (TPSA) is 79.9 Å². The second kappa shape index (κ2) is 8.44. The monoisotopic (exact) mass is 466 g/mol. The van der Waals surface area contributed by atoms with Crippen molar-refractivity contribution < 1.29 is 9.13 Å². The molecule has 1 spiro atoms. The smallest absolute Gasteiger partial charge is 0.263 e. The zero-order valence-electron chi connectivity index (χ0n) is 18.3. The summed E-state index contributed by atoms with van der Waals surface area (Å²) >= 11 is 6.61. The first kappa shape index (κ1) is 21.9. The van der Waals surface area contributed by atoms with Crippen molar-refractivity contribution in [2.75, 3.05) is 13.1 Å². The van der Waals surface area contributed by atoms with Crippen LogP contribution in [0.5, 0.6) is 11.5 Å². The van der Waals surface area contributed by atoms with Crippen LogP contribution in [0, 0.1) is 29.5 Å². The predicted molar refractivity (Wildman–Crippen MR) is 124 cm³/mol. The molecule has 2 heterocycles. The van der Waals surface area contributed by atoms with Crippen LogP contribution in [-0.2, 0) is 0 Å². The number of nitrogens with zero attached hydrogens (tertiary/aromatic N) is 3. The third-order valence-electron chi connectivity index (χ3n) is 7.23. The molecule has 2 aromatic carbocycles. The van der Waals surface area contributed by atoms with E-state index in [-0.39, 0.29) is 44.5 Å². The Labute approximate surface area is 196 Å². The number of aryl methyl sites for hydroxylation is 1. The minimum atomic E-state index is -0.671. The van der Waals surface area contributed by atoms with Crippen molar-refractivity contribution in [1.29, 1.82) is 5.26 Å². The molecule has 2 fully saturated rings. The number of ether oxygens (including phenoxy) is 1. The van der Waals surface area contributed by atoms with Gasteiger partial charge in [0.1, 0.15) is 17.4 Å². The number of hydrogen-bond acceptors (Lipinski definition) is 5. The van der Waals surface area contributed by atoms with Crippen LogP contribution in [0.25, 0.3) is 10.9 Å². The number of aromatic nitrogens is 2. The van der Waals surface area contributed by atoms with Gasteiger partial charge in [-0.05, 0) is 81.3 Å². The van der Waals surface area contributed by atoms with Gasteiger partial charge in [0.25, 0.3) is 5.56 Å². The molecule has 0 bridgehead atoms. The quantitative estimate of drug-likeness (QED) is 0.569. The third kappa shape index (κ3) is 3.77. The van der Waals surface area contributed by atoms with Crippen molar-refractivity contribution in [3.8, 4) is 17.6 Å². The third-order valence-corrected chi connectivity index (χ3v) is 7.61. The van der Waals surface area contributed by atoms with Crippen molar-refractivity contribution in [3.63, 3.8) is 0 Å². The molecule has 1 aliphatic carbocycles. The lowest BCUT2D eigenvalue weighted by molar-refractivity contribution is 0.201. The summed E-state index contributed by atoms with van der Waals surface area (Å²) in [6, 6.07) is 7.99. The van der Waals surface area contributed by atoms with Crippen LogP contribution in [-0.4, -0.2) is 22.6 Å². The van der Waals surface area contributed by atoms with E-state index in [9.17, 15) is 14.4 Å². The SMILES string of the molecule is Cc1ccc(F)c(Oc2ccc3ncn([C@H]4CCC5(CCNCC5)C4)c(=O)c3c2Cl)c1C#N. The average Bonchev–Trinajstić information content (AvgIpc) is 3.21. The fourth-order valence-electron chi connectivity index (χ4n) is 5.33. The molecular formula is C25H24ClFN4O2. The van der Waals surface area contributed by atoms with E-state index in [0.29, 0.717) is 11.1 Å². The van der Waals surface area contributed by atoms with Gasteiger partial charge in [-0.25, -0.2) is 9.37 Å². The first-order chi connectivity index (χ1) is 15.9. The van der Waals surface area contributed by atoms with E-state index in [1.54, 1.807) is 30.0 Å². The van der Waals surface area contributed by atoms with E-state index < -0.39 is 5.82 Å². The first-order valence-corrected chi connectivity index (χ1v) is 11.6. The van der Waals surface area contributed by atoms with E-state index in [2.05, 4.69) is 10.3 Å². The van der Waals surface area contributed by atoms with Gasteiger partial charge in [-0.2, -0.15) is 5.26 Å². The first-order valence-electron chi connectivity index (χ1n) is 11.2. The van der Waals surface area contributed by atoms with Gasteiger partial charge in [-0.15, -0.1) is 0 Å². The molecule has 0 unspecified atom stereocenters. The predicted octanol–water partition coefficient (Wildman–Crippen LogP) is 5.26. The Kier molecular flexibility index (Phi) is 5.59. The van der Waals surface area contributed by atoms with Crippen LogP contribution in [0.15, 0.2) is 35.4 Å². The molecule has 1 saturated carbocycles. The molecule has 0 radical (unpaired) electrons. The molecule has 3 aromatic rings. The Morgan fingerprint density at radius 1 is 1.27 bits per heavy atom. The largest absolute Gasteiger partial charge is 0.451 e. The normalized spacial score (nSPS) is 19.6. The van der Waals surface area contributed by atoms with Gasteiger partial charge < -0.3 is 10.1 Å². The maximum Gasteiger partial charge on any atom is 0.263 e. The highest BCUT2D eigenvalue weighted by molar-refractivity contribution is 6.36. The minimum Gasteiger partial charge on any atom is -0.451 e. The standard InChI is InChI=1S/C25H24ClFN4O2/c1-15-2-3-18(27)23(17(15)13-28)33-20-5-4-19-21(22(20)26)24(32)31(14-30-19)16-6-7-25(12-16)8-10-29-11-9-25/h2-5,14,16,29H,6-12H2,1H3/t16-/m0/s1. The molecule has 1 aliphatic heterocycles. The van der Waals surface area contributed by atoms with E-state index >= 15 is 0 Å². The lowest BCUT2D eigenvalue weighted by Crippen LogP contribution is -2.35. The van der Waals surface area contributed by atoms with Crippen LogP contribution in [0.4, 0.5) is 4.39 Å². The number of rotatable bonds is 3. The van der Waals surface area contributed by atoms with E-state index in [1.165, 1.54) is 12.1 Å². The maximum atomic E-state index is 14.5. The summed E-state index contributed by atoms with van der Waals surface area (Å²) in [5.74, 6) is -0.759. The summed E-state index contributed by atoms with van der Waals surface area (Å²) in [5.41, 5.74) is 1.19. The number of piperidine rings is 1. The Bertz CT molecular complexity index is 1340. The lowest BCUT2D eigenvalue weighted by Gasteiger charge is -2.34. The van der Waals surface area contributed by atoms with Gasteiger partial charge in [0.2, 0.25) is 0 Å². The fraction of sp³-hybridized carbons (Fsp3) is 0.400. The van der Waals surface area contributed by atoms with Crippen LogP contribution < -0.4 is 15.6 Å². The Balaban J connectivity index is 1.54. The molecule has 1 aromatic heterocycles. The lowest BCUT2D eigenvalue weighted by atomic mass is 9.77. The molecule has 1 atom stereocenters. The van der Waals surface area contributed by atoms with Crippen LogP contribution in [0.2, 0.25) is 5.02 Å². The van der Waals surface area contributed by atoms with Crippen molar-refractivity contribution in [2.24, 2.45) is 5.41 Å². The molecule has 33 heavy (non-hydrogen) atoms. The Morgan fingerprint density at radius 3 is 2.82 bits per heavy atom. The molecule has 2 aliphatic rings. The van der Waals surface area contributed by atoms with Gasteiger partial charge in [-0.3, -0.25) is 9.36 Å². The number of hydrogen-bond donors (Lipinski definition) is 1. The fourth-order valence-corrected chi connectivity index (χ4v) is 5.61. The number of halogens is 2. The van der Waals surface area contributed by atoms with Gasteiger partial charge in [0.15, 0.2) is 11.6 Å². The van der Waals surface area contributed by atoms with Crippen molar-refractivity contribution in [1.82, 2.24) is 14.9 Å². The number of nitriles is 1. The highest BCUT2D eigenvalue weighted by Crippen LogP contribution is 2.49. The number of benzene rings is 2. The van der Waals surface area contributed by atoms with Crippen molar-refractivity contribution in [3.05, 3.63) is 62.9 Å². The van der Waals surface area contributed by atoms with Crippen molar-refractivity contribution in [2.45, 2.75) is 45.1 Å². The Hall–Kier alpha value is -2.95. The van der Waals surface area contributed by atoms with E-state index in [4.69, 9.17) is 16.3 Å². The second-order valence-corrected chi connectivity index (χ2v) is 9.54. The minimum absolute atomic E-state index is 0.0683. The molecule has 1 saturated heterocycles. The van der Waals surface area contributed by atoms with Crippen LogP contribution in [0.1, 0.15) is 49.3 Å². The van der Waals surface area contributed by atoms with E-state index in [1.807, 2.05) is 6.07 Å². The molecule has 1 N–H and O–H groups in total. The van der Waals surface area contributed by atoms with Crippen LogP contribution in [0.3, 0.4) is 0 Å². The molecule has 6 nitrogen and oxygen atoms in total. The average molecular weight is 467 g/mol. The number of nitrogens with one attached hydrogen (secondary N) is 1. The molecule has 5 rings (SSSR count). The summed E-state index contributed by atoms with van der Waals surface area (Å²) in [6.07, 6.45) is 6.85. The summed E-state index contributed by atoms with van der Waals surface area (Å²) in [5, 5.41) is 13.2. The second-order valence-electron chi connectivity index (χ2n) is 9.16. The van der Waals surface area contributed by atoms with Crippen LogP contribution >= 0.6 is 11.6 Å². The zero-order valence-corrected chi connectivity index (χ0v) is 19.1. The highest BCUT2D eigenvalue weighted by atomic mass is 35.5. The molecule has 8 heteroatoms. The summed E-state index contributed by atoms with van der Waals surface area (Å²) < 4.78 is 21.9. The van der Waals surface area contributed by atoms with Gasteiger partial charge in [-0.1, -0.05) is 17.7 Å². The van der Waals surface area contributed by atoms with Crippen molar-refractivity contribution >= 4 is 22.5 Å². The summed E-state index contributed by atoms with van der Waals surface area (Å²) in [4.78, 5) is 18.0. The maximum absolute atomic E-state index is 14.5.